The van der Waals surface area contributed by atoms with Crippen LogP contribution in [-0.2, 0) is 6.54 Å². The first-order valence-electron chi connectivity index (χ1n) is 9.11. The Kier molecular flexibility index (Phi) is 4.87. The van der Waals surface area contributed by atoms with Crippen LogP contribution in [0, 0.1) is 18.3 Å². The summed E-state index contributed by atoms with van der Waals surface area (Å²) in [6, 6.07) is 5.12. The number of fused-ring (bicyclic) bond motifs is 2. The number of amides is 1. The number of pyridine rings is 2. The summed E-state index contributed by atoms with van der Waals surface area (Å²) in [4.78, 5) is 30.4. The number of hydrogen-bond donors (Lipinski definition) is 2. The zero-order chi connectivity index (χ0) is 19.9. The molecule has 3 heterocycles. The third-order valence-corrected chi connectivity index (χ3v) is 4.35. The summed E-state index contributed by atoms with van der Waals surface area (Å²) >= 11 is 0. The first kappa shape index (κ1) is 18.8. The Labute approximate surface area is 157 Å². The van der Waals surface area contributed by atoms with Crippen LogP contribution in [0.25, 0.3) is 16.7 Å². The van der Waals surface area contributed by atoms with Gasteiger partial charge in [-0.25, -0.2) is 4.98 Å². The minimum Gasteiger partial charge on any atom is -0.350 e. The highest BCUT2D eigenvalue weighted by atomic mass is 16.1. The number of carbonyl (C=O) groups is 1. The summed E-state index contributed by atoms with van der Waals surface area (Å²) in [6.07, 6.45) is 1.67. The van der Waals surface area contributed by atoms with E-state index in [-0.39, 0.29) is 34.5 Å². The van der Waals surface area contributed by atoms with Gasteiger partial charge in [-0.3, -0.25) is 19.4 Å². The molecular formula is C20H25N5O2. The van der Waals surface area contributed by atoms with Gasteiger partial charge in [0.05, 0.1) is 10.9 Å². The molecule has 0 aliphatic carbocycles. The molecule has 2 N–H and O–H groups in total. The quantitative estimate of drug-likeness (QED) is 0.693. The van der Waals surface area contributed by atoms with Crippen molar-refractivity contribution in [3.63, 3.8) is 0 Å². The Morgan fingerprint density at radius 2 is 1.96 bits per heavy atom. The van der Waals surface area contributed by atoms with Crippen LogP contribution in [0.2, 0.25) is 0 Å². The standard InChI is InChI=1S/C20H25N5O2/c1-11(2)10-25-16(21)14(19(26)22-12(3)4)9-15-18(25)23-17-13(5)7-6-8-24(17)20(15)27/h6-9,11-12,21H,10H2,1-5H3,(H,22,26). The van der Waals surface area contributed by atoms with E-state index in [0.29, 0.717) is 23.2 Å². The van der Waals surface area contributed by atoms with Gasteiger partial charge < -0.3 is 9.88 Å². The number of aryl methyl sites for hydroxylation is 1. The lowest BCUT2D eigenvalue weighted by Gasteiger charge is -2.17. The average molecular weight is 367 g/mol. The zero-order valence-electron chi connectivity index (χ0n) is 16.3. The Morgan fingerprint density at radius 3 is 2.59 bits per heavy atom. The largest absolute Gasteiger partial charge is 0.350 e. The van der Waals surface area contributed by atoms with Gasteiger partial charge in [0.15, 0.2) is 0 Å². The summed E-state index contributed by atoms with van der Waals surface area (Å²) in [6.45, 7) is 10.2. The maximum atomic E-state index is 13.1. The van der Waals surface area contributed by atoms with Crippen LogP contribution in [0.4, 0.5) is 0 Å². The molecule has 0 atom stereocenters. The topological polar surface area (TPSA) is 92.3 Å². The average Bonchev–Trinajstić information content (AvgIpc) is 2.57. The van der Waals surface area contributed by atoms with Gasteiger partial charge in [0.25, 0.3) is 11.5 Å². The summed E-state index contributed by atoms with van der Waals surface area (Å²) < 4.78 is 3.16. The molecule has 0 aliphatic rings. The Balaban J connectivity index is 2.45. The van der Waals surface area contributed by atoms with Gasteiger partial charge >= 0.3 is 0 Å². The highest BCUT2D eigenvalue weighted by molar-refractivity contribution is 5.97. The zero-order valence-corrected chi connectivity index (χ0v) is 16.3. The Hall–Kier alpha value is -2.96. The minimum absolute atomic E-state index is 0.0652. The van der Waals surface area contributed by atoms with Crippen LogP contribution >= 0.6 is 0 Å². The van der Waals surface area contributed by atoms with Crippen LogP contribution < -0.4 is 16.4 Å². The minimum atomic E-state index is -0.358. The molecule has 0 saturated heterocycles. The van der Waals surface area contributed by atoms with E-state index in [4.69, 9.17) is 5.41 Å². The van der Waals surface area contributed by atoms with Crippen LogP contribution in [0.5, 0.6) is 0 Å². The van der Waals surface area contributed by atoms with Gasteiger partial charge in [0, 0.05) is 18.8 Å². The van der Waals surface area contributed by atoms with Crippen LogP contribution in [0.1, 0.15) is 43.6 Å². The van der Waals surface area contributed by atoms with Crippen molar-refractivity contribution in [2.24, 2.45) is 5.92 Å². The number of hydrogen-bond acceptors (Lipinski definition) is 4. The molecule has 1 amide bonds. The molecule has 0 fully saturated rings. The van der Waals surface area contributed by atoms with Crippen molar-refractivity contribution < 1.29 is 4.79 Å². The van der Waals surface area contributed by atoms with Crippen molar-refractivity contribution in [1.29, 1.82) is 5.41 Å². The van der Waals surface area contributed by atoms with Gasteiger partial charge in [-0.05, 0) is 44.4 Å². The van der Waals surface area contributed by atoms with Gasteiger partial charge in [-0.15, -0.1) is 0 Å². The maximum absolute atomic E-state index is 13.1. The highest BCUT2D eigenvalue weighted by Gasteiger charge is 2.18. The SMILES string of the molecule is Cc1cccn2c(=O)c3cc(C(=O)NC(C)C)c(=N)n(CC(C)C)c3nc12. The second kappa shape index (κ2) is 6.98. The fraction of sp³-hybridized carbons (Fsp3) is 0.400. The molecule has 7 nitrogen and oxygen atoms in total. The smallest absolute Gasteiger partial charge is 0.267 e. The molecule has 0 saturated carbocycles. The van der Waals surface area contributed by atoms with E-state index in [1.165, 1.54) is 10.5 Å². The van der Waals surface area contributed by atoms with E-state index in [1.807, 2.05) is 40.7 Å². The molecule has 0 aromatic carbocycles. The van der Waals surface area contributed by atoms with E-state index in [0.717, 1.165) is 5.56 Å². The molecule has 7 heteroatoms. The Morgan fingerprint density at radius 1 is 1.26 bits per heavy atom. The Bertz CT molecular complexity index is 1150. The van der Waals surface area contributed by atoms with E-state index < -0.39 is 0 Å². The van der Waals surface area contributed by atoms with Crippen molar-refractivity contribution in [2.45, 2.75) is 47.2 Å². The molecule has 142 valence electrons. The van der Waals surface area contributed by atoms with E-state index >= 15 is 0 Å². The lowest BCUT2D eigenvalue weighted by atomic mass is 10.1. The summed E-state index contributed by atoms with van der Waals surface area (Å²) in [5.74, 6) is -0.133. The fourth-order valence-electron chi connectivity index (χ4n) is 3.15. The summed E-state index contributed by atoms with van der Waals surface area (Å²) in [5, 5.41) is 11.7. The van der Waals surface area contributed by atoms with Gasteiger partial charge in [-0.1, -0.05) is 19.9 Å². The number of aromatic nitrogens is 3. The third-order valence-electron chi connectivity index (χ3n) is 4.35. The van der Waals surface area contributed by atoms with Crippen molar-refractivity contribution in [3.8, 4) is 0 Å². The fourth-order valence-corrected chi connectivity index (χ4v) is 3.15. The van der Waals surface area contributed by atoms with Crippen molar-refractivity contribution in [2.75, 3.05) is 0 Å². The van der Waals surface area contributed by atoms with Crippen LogP contribution in [0.15, 0.2) is 29.2 Å². The molecule has 0 aliphatic heterocycles. The first-order chi connectivity index (χ1) is 12.7. The number of carbonyl (C=O) groups excluding carboxylic acids is 1. The normalized spacial score (nSPS) is 11.7. The molecule has 3 rings (SSSR count). The van der Waals surface area contributed by atoms with Gasteiger partial charge in [0.1, 0.15) is 16.8 Å². The highest BCUT2D eigenvalue weighted by Crippen LogP contribution is 2.14. The van der Waals surface area contributed by atoms with Gasteiger partial charge in [0.2, 0.25) is 0 Å². The number of rotatable bonds is 4. The third kappa shape index (κ3) is 3.37. The number of nitrogens with one attached hydrogen (secondary N) is 2. The van der Waals surface area contributed by atoms with Gasteiger partial charge in [-0.2, -0.15) is 0 Å². The van der Waals surface area contributed by atoms with Crippen molar-refractivity contribution in [1.82, 2.24) is 19.3 Å². The second-order valence-corrected chi connectivity index (χ2v) is 7.58. The molecule has 27 heavy (non-hydrogen) atoms. The first-order valence-corrected chi connectivity index (χ1v) is 9.11. The molecule has 3 aromatic rings. The maximum Gasteiger partial charge on any atom is 0.267 e. The molecule has 0 unspecified atom stereocenters. The van der Waals surface area contributed by atoms with Crippen molar-refractivity contribution in [3.05, 3.63) is 51.4 Å². The molecule has 0 radical (unpaired) electrons. The van der Waals surface area contributed by atoms with E-state index in [9.17, 15) is 9.59 Å². The van der Waals surface area contributed by atoms with E-state index in [1.54, 1.807) is 16.8 Å². The molecular weight excluding hydrogens is 342 g/mol. The van der Waals surface area contributed by atoms with Crippen LogP contribution in [-0.4, -0.2) is 25.9 Å². The predicted molar refractivity (Wildman–Crippen MR) is 105 cm³/mol. The summed E-state index contributed by atoms with van der Waals surface area (Å²) in [7, 11) is 0. The van der Waals surface area contributed by atoms with Crippen molar-refractivity contribution >= 4 is 22.6 Å². The second-order valence-electron chi connectivity index (χ2n) is 7.58. The lowest BCUT2D eigenvalue weighted by Crippen LogP contribution is -2.38. The molecule has 3 aromatic heterocycles. The van der Waals surface area contributed by atoms with Crippen LogP contribution in [0.3, 0.4) is 0 Å². The predicted octanol–water partition coefficient (Wildman–Crippen LogP) is 2.23. The number of nitrogens with zero attached hydrogens (tertiary/aromatic N) is 3. The van der Waals surface area contributed by atoms with E-state index in [2.05, 4.69) is 10.3 Å². The molecule has 0 bridgehead atoms. The molecule has 0 spiro atoms. The monoisotopic (exact) mass is 367 g/mol. The lowest BCUT2D eigenvalue weighted by molar-refractivity contribution is 0.0940. The summed E-state index contributed by atoms with van der Waals surface area (Å²) in [5.41, 5.74) is 1.89.